The molecule has 4 heteroatoms. The molecule has 0 saturated carbocycles. The third-order valence-corrected chi connectivity index (χ3v) is 3.51. The Morgan fingerprint density at radius 3 is 2.65 bits per heavy atom. The predicted molar refractivity (Wildman–Crippen MR) is 80.2 cm³/mol. The maximum Gasteiger partial charge on any atom is 0.161 e. The summed E-state index contributed by atoms with van der Waals surface area (Å²) in [5.41, 5.74) is 0.737. The van der Waals surface area contributed by atoms with Crippen molar-refractivity contribution in [3.63, 3.8) is 0 Å². The summed E-state index contributed by atoms with van der Waals surface area (Å²) in [4.78, 5) is 0. The summed E-state index contributed by atoms with van der Waals surface area (Å²) in [6.07, 6.45) is 2.53. The Morgan fingerprint density at radius 2 is 2.10 bits per heavy atom. The van der Waals surface area contributed by atoms with E-state index in [2.05, 4.69) is 18.3 Å². The predicted octanol–water partition coefficient (Wildman–Crippen LogP) is 2.92. The van der Waals surface area contributed by atoms with Crippen LogP contribution in [0.5, 0.6) is 11.5 Å². The van der Waals surface area contributed by atoms with E-state index >= 15 is 0 Å². The molecule has 0 spiro atoms. The summed E-state index contributed by atoms with van der Waals surface area (Å²) in [7, 11) is 3.45. The van der Waals surface area contributed by atoms with Crippen molar-refractivity contribution in [3.05, 3.63) is 23.8 Å². The lowest BCUT2D eigenvalue weighted by molar-refractivity contribution is 0.273. The van der Waals surface area contributed by atoms with Crippen LogP contribution in [-0.4, -0.2) is 26.3 Å². The molecule has 1 rings (SSSR count). The molecule has 1 aromatic carbocycles. The largest absolute Gasteiger partial charge is 0.493 e. The first-order valence-corrected chi connectivity index (χ1v) is 6.98. The Hall–Kier alpha value is -1.73. The van der Waals surface area contributed by atoms with E-state index in [4.69, 9.17) is 14.7 Å². The molecule has 20 heavy (non-hydrogen) atoms. The van der Waals surface area contributed by atoms with E-state index < -0.39 is 5.54 Å². The van der Waals surface area contributed by atoms with Gasteiger partial charge in [-0.1, -0.05) is 13.0 Å². The number of aryl methyl sites for hydroxylation is 1. The zero-order valence-electron chi connectivity index (χ0n) is 12.8. The molecule has 1 unspecified atom stereocenters. The number of hydrogen-bond donors (Lipinski definition) is 1. The Morgan fingerprint density at radius 1 is 1.35 bits per heavy atom. The third kappa shape index (κ3) is 4.43. The topological polar surface area (TPSA) is 54.3 Å². The van der Waals surface area contributed by atoms with Gasteiger partial charge < -0.3 is 14.8 Å². The lowest BCUT2D eigenvalue weighted by atomic mass is 9.98. The van der Waals surface area contributed by atoms with Crippen LogP contribution in [0.4, 0.5) is 0 Å². The second-order valence-corrected chi connectivity index (χ2v) is 4.98. The standard InChI is InChI=1S/C16H24N2O2/c1-5-13-7-8-14(15(11-13)19-4)20-10-6-9-16(2,12-17)18-3/h7-8,11,18H,5-6,9-10H2,1-4H3. The van der Waals surface area contributed by atoms with E-state index in [1.54, 1.807) is 14.2 Å². The van der Waals surface area contributed by atoms with Crippen molar-refractivity contribution in [2.45, 2.75) is 38.6 Å². The van der Waals surface area contributed by atoms with Gasteiger partial charge >= 0.3 is 0 Å². The van der Waals surface area contributed by atoms with E-state index in [0.717, 1.165) is 30.8 Å². The minimum absolute atomic E-state index is 0.487. The van der Waals surface area contributed by atoms with Crippen molar-refractivity contribution < 1.29 is 9.47 Å². The van der Waals surface area contributed by atoms with E-state index in [1.807, 2.05) is 25.1 Å². The third-order valence-electron chi connectivity index (χ3n) is 3.51. The van der Waals surface area contributed by atoms with Crippen LogP contribution in [-0.2, 0) is 6.42 Å². The summed E-state index contributed by atoms with van der Waals surface area (Å²) >= 11 is 0. The highest BCUT2D eigenvalue weighted by Gasteiger charge is 2.20. The smallest absolute Gasteiger partial charge is 0.161 e. The first-order valence-electron chi connectivity index (χ1n) is 6.98. The summed E-state index contributed by atoms with van der Waals surface area (Å²) in [5, 5.41) is 12.1. The first kappa shape index (κ1) is 16.3. The van der Waals surface area contributed by atoms with E-state index in [1.165, 1.54) is 5.56 Å². The maximum absolute atomic E-state index is 9.07. The van der Waals surface area contributed by atoms with Gasteiger partial charge in [0.2, 0.25) is 0 Å². The monoisotopic (exact) mass is 276 g/mol. The SMILES string of the molecule is CCc1ccc(OCCCC(C)(C#N)NC)c(OC)c1. The molecule has 0 fully saturated rings. The number of hydrogen-bond acceptors (Lipinski definition) is 4. The van der Waals surface area contributed by atoms with Gasteiger partial charge in [0.15, 0.2) is 11.5 Å². The van der Waals surface area contributed by atoms with Gasteiger partial charge in [0.1, 0.15) is 5.54 Å². The Bertz CT molecular complexity index is 468. The molecular formula is C16H24N2O2. The number of nitrogens with one attached hydrogen (secondary N) is 1. The molecule has 0 bridgehead atoms. The van der Waals surface area contributed by atoms with Crippen LogP contribution in [0.1, 0.15) is 32.3 Å². The number of nitriles is 1. The van der Waals surface area contributed by atoms with Gasteiger partial charge in [-0.05, 0) is 50.9 Å². The Kier molecular flexibility index (Phi) is 6.33. The van der Waals surface area contributed by atoms with E-state index in [0.29, 0.717) is 6.61 Å². The van der Waals surface area contributed by atoms with Crippen LogP contribution in [0.2, 0.25) is 0 Å². The van der Waals surface area contributed by atoms with E-state index in [9.17, 15) is 0 Å². The summed E-state index contributed by atoms with van der Waals surface area (Å²) in [6, 6.07) is 8.27. The highest BCUT2D eigenvalue weighted by atomic mass is 16.5. The second kappa shape index (κ2) is 7.76. The van der Waals surface area contributed by atoms with Gasteiger partial charge in [-0.25, -0.2) is 0 Å². The highest BCUT2D eigenvalue weighted by Crippen LogP contribution is 2.28. The van der Waals surface area contributed by atoms with E-state index in [-0.39, 0.29) is 0 Å². The normalized spacial score (nSPS) is 13.3. The average Bonchev–Trinajstić information content (AvgIpc) is 2.51. The van der Waals surface area contributed by atoms with Gasteiger partial charge in [-0.2, -0.15) is 5.26 Å². The molecule has 0 heterocycles. The molecule has 1 aromatic rings. The number of rotatable bonds is 8. The Balaban J connectivity index is 2.52. The fraction of sp³-hybridized carbons (Fsp3) is 0.562. The minimum Gasteiger partial charge on any atom is -0.493 e. The number of ether oxygens (including phenoxy) is 2. The van der Waals surface area contributed by atoms with Crippen molar-refractivity contribution in [1.29, 1.82) is 5.26 Å². The molecule has 0 aromatic heterocycles. The van der Waals surface area contributed by atoms with Crippen molar-refractivity contribution in [2.75, 3.05) is 20.8 Å². The van der Waals surface area contributed by atoms with Crippen LogP contribution in [0.25, 0.3) is 0 Å². The lowest BCUT2D eigenvalue weighted by Gasteiger charge is -2.20. The van der Waals surface area contributed by atoms with Crippen LogP contribution in [0, 0.1) is 11.3 Å². The molecule has 0 aliphatic rings. The van der Waals surface area contributed by atoms with Crippen LogP contribution in [0.3, 0.4) is 0 Å². The molecule has 0 aliphatic heterocycles. The lowest BCUT2D eigenvalue weighted by Crippen LogP contribution is -2.38. The average molecular weight is 276 g/mol. The zero-order valence-corrected chi connectivity index (χ0v) is 12.8. The maximum atomic E-state index is 9.07. The molecule has 4 nitrogen and oxygen atoms in total. The quantitative estimate of drug-likeness (QED) is 0.742. The van der Waals surface area contributed by atoms with Crippen molar-refractivity contribution in [3.8, 4) is 17.6 Å². The summed E-state index contributed by atoms with van der Waals surface area (Å²) in [6.45, 7) is 4.57. The molecule has 0 radical (unpaired) electrons. The molecule has 110 valence electrons. The van der Waals surface area contributed by atoms with Crippen molar-refractivity contribution >= 4 is 0 Å². The molecule has 0 saturated heterocycles. The van der Waals surface area contributed by atoms with Crippen molar-refractivity contribution in [1.82, 2.24) is 5.32 Å². The van der Waals surface area contributed by atoms with Crippen LogP contribution >= 0.6 is 0 Å². The molecule has 0 aliphatic carbocycles. The zero-order chi connectivity index (χ0) is 15.0. The fourth-order valence-electron chi connectivity index (χ4n) is 1.90. The molecular weight excluding hydrogens is 252 g/mol. The number of benzene rings is 1. The van der Waals surface area contributed by atoms with Crippen molar-refractivity contribution in [2.24, 2.45) is 0 Å². The van der Waals surface area contributed by atoms with Gasteiger partial charge in [0, 0.05) is 0 Å². The van der Waals surface area contributed by atoms with Gasteiger partial charge in [0.05, 0.1) is 19.8 Å². The van der Waals surface area contributed by atoms with Gasteiger partial charge in [-0.15, -0.1) is 0 Å². The summed E-state index contributed by atoms with van der Waals surface area (Å²) in [5.74, 6) is 1.52. The minimum atomic E-state index is -0.487. The van der Waals surface area contributed by atoms with Gasteiger partial charge in [-0.3, -0.25) is 0 Å². The highest BCUT2D eigenvalue weighted by molar-refractivity contribution is 5.42. The molecule has 0 amide bonds. The van der Waals surface area contributed by atoms with Crippen LogP contribution < -0.4 is 14.8 Å². The second-order valence-electron chi connectivity index (χ2n) is 4.98. The number of methoxy groups -OCH3 is 1. The molecule has 1 atom stereocenters. The van der Waals surface area contributed by atoms with Crippen LogP contribution in [0.15, 0.2) is 18.2 Å². The fourth-order valence-corrected chi connectivity index (χ4v) is 1.90. The summed E-state index contributed by atoms with van der Waals surface area (Å²) < 4.78 is 11.1. The number of nitrogens with zero attached hydrogens (tertiary/aromatic N) is 1. The Labute approximate surface area is 121 Å². The van der Waals surface area contributed by atoms with Gasteiger partial charge in [0.25, 0.3) is 0 Å². The molecule has 1 N–H and O–H groups in total. The first-order chi connectivity index (χ1) is 9.58.